The van der Waals surface area contributed by atoms with Crippen molar-refractivity contribution in [1.82, 2.24) is 10.2 Å². The van der Waals surface area contributed by atoms with Crippen molar-refractivity contribution in [3.05, 3.63) is 35.9 Å². The highest BCUT2D eigenvalue weighted by atomic mass is 16.2. The molecule has 1 heterocycles. The second kappa shape index (κ2) is 7.59. The molecule has 23 heavy (non-hydrogen) atoms. The van der Waals surface area contributed by atoms with E-state index in [4.69, 9.17) is 5.73 Å². The first-order valence-electron chi connectivity index (χ1n) is 8.38. The van der Waals surface area contributed by atoms with Crippen LogP contribution in [-0.4, -0.2) is 36.3 Å². The summed E-state index contributed by atoms with van der Waals surface area (Å²) in [5.41, 5.74) is 6.09. The summed E-state index contributed by atoms with van der Waals surface area (Å²) < 4.78 is 0. The Balaban J connectivity index is 1.94. The van der Waals surface area contributed by atoms with Gasteiger partial charge < -0.3 is 16.0 Å². The van der Waals surface area contributed by atoms with Gasteiger partial charge in [-0.05, 0) is 31.7 Å². The SMILES string of the molecule is CCCNC(=O)C1CCN(C(=O)C(C)(N)c2ccccc2)CC1. The van der Waals surface area contributed by atoms with Crippen molar-refractivity contribution in [2.45, 2.75) is 38.6 Å². The quantitative estimate of drug-likeness (QED) is 0.866. The molecule has 0 radical (unpaired) electrons. The van der Waals surface area contributed by atoms with Gasteiger partial charge in [-0.15, -0.1) is 0 Å². The zero-order valence-corrected chi connectivity index (χ0v) is 14.0. The maximum atomic E-state index is 12.8. The number of carbonyl (C=O) groups excluding carboxylic acids is 2. The Morgan fingerprint density at radius 2 is 1.87 bits per heavy atom. The minimum atomic E-state index is -1.03. The van der Waals surface area contributed by atoms with Crippen LogP contribution in [0.2, 0.25) is 0 Å². The predicted molar refractivity (Wildman–Crippen MR) is 90.6 cm³/mol. The smallest absolute Gasteiger partial charge is 0.246 e. The van der Waals surface area contributed by atoms with Crippen LogP contribution in [0.25, 0.3) is 0 Å². The highest BCUT2D eigenvalue weighted by Crippen LogP contribution is 2.24. The van der Waals surface area contributed by atoms with Gasteiger partial charge in [0.2, 0.25) is 11.8 Å². The predicted octanol–water partition coefficient (Wildman–Crippen LogP) is 1.63. The molecule has 0 spiro atoms. The van der Waals surface area contributed by atoms with Crippen LogP contribution in [0.4, 0.5) is 0 Å². The summed E-state index contributed by atoms with van der Waals surface area (Å²) in [6.07, 6.45) is 2.34. The van der Waals surface area contributed by atoms with Crippen LogP contribution in [0, 0.1) is 5.92 Å². The minimum Gasteiger partial charge on any atom is -0.356 e. The van der Waals surface area contributed by atoms with Crippen molar-refractivity contribution in [3.8, 4) is 0 Å². The number of likely N-dealkylation sites (tertiary alicyclic amines) is 1. The van der Waals surface area contributed by atoms with E-state index < -0.39 is 5.54 Å². The number of benzene rings is 1. The Kier molecular flexibility index (Phi) is 5.77. The lowest BCUT2D eigenvalue weighted by Crippen LogP contribution is -2.53. The van der Waals surface area contributed by atoms with Crippen molar-refractivity contribution in [2.24, 2.45) is 11.7 Å². The fourth-order valence-corrected chi connectivity index (χ4v) is 2.97. The van der Waals surface area contributed by atoms with E-state index in [1.54, 1.807) is 11.8 Å². The van der Waals surface area contributed by atoms with E-state index in [1.165, 1.54) is 0 Å². The standard InChI is InChI=1S/C18H27N3O2/c1-3-11-20-16(22)14-9-12-21(13-10-14)17(23)18(2,19)15-7-5-4-6-8-15/h4-8,14H,3,9-13,19H2,1-2H3,(H,20,22). The van der Waals surface area contributed by atoms with Crippen LogP contribution >= 0.6 is 0 Å². The highest BCUT2D eigenvalue weighted by molar-refractivity contribution is 5.87. The summed E-state index contributed by atoms with van der Waals surface area (Å²) in [6, 6.07) is 9.44. The summed E-state index contributed by atoms with van der Waals surface area (Å²) in [5, 5.41) is 2.94. The Morgan fingerprint density at radius 1 is 1.26 bits per heavy atom. The number of hydrogen-bond donors (Lipinski definition) is 2. The molecule has 5 heteroatoms. The molecular weight excluding hydrogens is 290 g/mol. The molecule has 2 amide bonds. The van der Waals surface area contributed by atoms with Gasteiger partial charge in [0.1, 0.15) is 5.54 Å². The van der Waals surface area contributed by atoms with Crippen molar-refractivity contribution in [3.63, 3.8) is 0 Å². The van der Waals surface area contributed by atoms with Gasteiger partial charge >= 0.3 is 0 Å². The van der Waals surface area contributed by atoms with Crippen LogP contribution in [0.1, 0.15) is 38.7 Å². The number of carbonyl (C=O) groups is 2. The van der Waals surface area contributed by atoms with Crippen LogP contribution in [-0.2, 0) is 15.1 Å². The first kappa shape index (κ1) is 17.5. The minimum absolute atomic E-state index is 0.00589. The largest absolute Gasteiger partial charge is 0.356 e. The van der Waals surface area contributed by atoms with Gasteiger partial charge in [-0.25, -0.2) is 0 Å². The molecular formula is C18H27N3O2. The lowest BCUT2D eigenvalue weighted by Gasteiger charge is -2.36. The molecule has 126 valence electrons. The topological polar surface area (TPSA) is 75.4 Å². The summed E-state index contributed by atoms with van der Waals surface area (Å²) in [7, 11) is 0. The van der Waals surface area contributed by atoms with Gasteiger partial charge in [0.05, 0.1) is 0 Å². The third-order valence-corrected chi connectivity index (χ3v) is 4.52. The fraction of sp³-hybridized carbons (Fsp3) is 0.556. The van der Waals surface area contributed by atoms with Gasteiger partial charge in [0.15, 0.2) is 0 Å². The summed E-state index contributed by atoms with van der Waals surface area (Å²) in [4.78, 5) is 26.6. The number of piperidine rings is 1. The van der Waals surface area contributed by atoms with Crippen molar-refractivity contribution >= 4 is 11.8 Å². The summed E-state index contributed by atoms with van der Waals surface area (Å²) in [6.45, 7) is 5.68. The van der Waals surface area contributed by atoms with Crippen molar-refractivity contribution in [2.75, 3.05) is 19.6 Å². The Bertz CT molecular complexity index is 534. The van der Waals surface area contributed by atoms with Crippen LogP contribution in [0.15, 0.2) is 30.3 Å². The third-order valence-electron chi connectivity index (χ3n) is 4.52. The Morgan fingerprint density at radius 3 is 2.43 bits per heavy atom. The molecule has 0 bridgehead atoms. The van der Waals surface area contributed by atoms with Gasteiger partial charge in [-0.1, -0.05) is 37.3 Å². The molecule has 1 aromatic carbocycles. The van der Waals surface area contributed by atoms with E-state index >= 15 is 0 Å². The van der Waals surface area contributed by atoms with Crippen LogP contribution < -0.4 is 11.1 Å². The normalized spacial score (nSPS) is 18.3. The third kappa shape index (κ3) is 4.10. The van der Waals surface area contributed by atoms with Gasteiger partial charge in [0, 0.05) is 25.6 Å². The van der Waals surface area contributed by atoms with E-state index in [-0.39, 0.29) is 17.7 Å². The molecule has 1 aliphatic rings. The monoisotopic (exact) mass is 317 g/mol. The van der Waals surface area contributed by atoms with Crippen LogP contribution in [0.3, 0.4) is 0 Å². The number of amides is 2. The number of nitrogens with zero attached hydrogens (tertiary/aromatic N) is 1. The Labute approximate surface area is 138 Å². The number of nitrogens with two attached hydrogens (primary N) is 1. The molecule has 0 aromatic heterocycles. The molecule has 1 atom stereocenters. The number of hydrogen-bond acceptors (Lipinski definition) is 3. The molecule has 1 fully saturated rings. The maximum absolute atomic E-state index is 12.8. The average molecular weight is 317 g/mol. The summed E-state index contributed by atoms with van der Waals surface area (Å²) >= 11 is 0. The van der Waals surface area contributed by atoms with Gasteiger partial charge in [-0.3, -0.25) is 9.59 Å². The van der Waals surface area contributed by atoms with Gasteiger partial charge in [0.25, 0.3) is 0 Å². The highest BCUT2D eigenvalue weighted by Gasteiger charge is 2.36. The molecule has 0 saturated carbocycles. The van der Waals surface area contributed by atoms with E-state index in [1.807, 2.05) is 37.3 Å². The summed E-state index contributed by atoms with van der Waals surface area (Å²) in [5.74, 6) is 0.0417. The molecule has 5 nitrogen and oxygen atoms in total. The molecule has 1 aliphatic heterocycles. The zero-order chi connectivity index (χ0) is 16.9. The number of rotatable bonds is 5. The van der Waals surface area contributed by atoms with Crippen LogP contribution in [0.5, 0.6) is 0 Å². The number of nitrogens with one attached hydrogen (secondary N) is 1. The molecule has 0 aliphatic carbocycles. The first-order valence-corrected chi connectivity index (χ1v) is 8.38. The fourth-order valence-electron chi connectivity index (χ4n) is 2.97. The van der Waals surface area contributed by atoms with E-state index in [2.05, 4.69) is 5.32 Å². The molecule has 1 aromatic rings. The van der Waals surface area contributed by atoms with Gasteiger partial charge in [-0.2, -0.15) is 0 Å². The lowest BCUT2D eigenvalue weighted by atomic mass is 9.89. The zero-order valence-electron chi connectivity index (χ0n) is 14.0. The van der Waals surface area contributed by atoms with E-state index in [0.29, 0.717) is 32.5 Å². The van der Waals surface area contributed by atoms with Crippen molar-refractivity contribution < 1.29 is 9.59 Å². The molecule has 1 unspecified atom stereocenters. The second-order valence-electron chi connectivity index (χ2n) is 6.43. The first-order chi connectivity index (χ1) is 11.0. The lowest BCUT2D eigenvalue weighted by molar-refractivity contribution is -0.140. The molecule has 2 rings (SSSR count). The Hall–Kier alpha value is -1.88. The average Bonchev–Trinajstić information content (AvgIpc) is 2.59. The van der Waals surface area contributed by atoms with Crippen molar-refractivity contribution in [1.29, 1.82) is 0 Å². The van der Waals surface area contributed by atoms with E-state index in [0.717, 1.165) is 12.0 Å². The second-order valence-corrected chi connectivity index (χ2v) is 6.43. The molecule has 1 saturated heterocycles. The maximum Gasteiger partial charge on any atom is 0.246 e. The molecule has 3 N–H and O–H groups in total. The van der Waals surface area contributed by atoms with E-state index in [9.17, 15) is 9.59 Å².